The van der Waals surface area contributed by atoms with Gasteiger partial charge in [0.05, 0.1) is 5.75 Å². The highest BCUT2D eigenvalue weighted by molar-refractivity contribution is 7.99. The molecular weight excluding hydrogens is 350 g/mol. The Hall–Kier alpha value is -2.35. The number of ketones is 1. The second-order valence-electron chi connectivity index (χ2n) is 6.56. The Kier molecular flexibility index (Phi) is 5.31. The van der Waals surface area contributed by atoms with Gasteiger partial charge in [0.15, 0.2) is 10.9 Å². The molecule has 3 rings (SSSR count). The molecule has 0 saturated heterocycles. The third kappa shape index (κ3) is 3.75. The van der Waals surface area contributed by atoms with Gasteiger partial charge in [0.1, 0.15) is 12.4 Å². The molecule has 0 spiro atoms. The van der Waals surface area contributed by atoms with Gasteiger partial charge in [0.25, 0.3) is 0 Å². The number of carbonyl (C=O) groups is 2. The number of hydrogen-bond acceptors (Lipinski definition) is 5. The highest BCUT2D eigenvalue weighted by Crippen LogP contribution is 2.40. The number of thioether (sulfide) groups is 1. The molecule has 1 aliphatic rings. The number of rotatable bonds is 9. The Labute approximate surface area is 156 Å². The van der Waals surface area contributed by atoms with Gasteiger partial charge in [-0.05, 0) is 32.8 Å². The lowest BCUT2D eigenvalue weighted by Crippen LogP contribution is -2.21. The molecule has 1 saturated carbocycles. The van der Waals surface area contributed by atoms with E-state index < -0.39 is 5.91 Å². The number of carbonyl (C=O) groups excluding carboxylic acids is 2. The maximum atomic E-state index is 12.7. The van der Waals surface area contributed by atoms with Gasteiger partial charge in [-0.3, -0.25) is 14.2 Å². The Bertz CT molecular complexity index is 863. The van der Waals surface area contributed by atoms with Gasteiger partial charge in [0, 0.05) is 29.4 Å². The molecular formula is C18H23N5O2S. The lowest BCUT2D eigenvalue weighted by atomic mass is 10.2. The van der Waals surface area contributed by atoms with E-state index in [1.807, 2.05) is 26.0 Å². The molecule has 2 aromatic heterocycles. The van der Waals surface area contributed by atoms with Crippen LogP contribution in [0, 0.1) is 13.8 Å². The minimum absolute atomic E-state index is 0.0278. The monoisotopic (exact) mass is 373 g/mol. The van der Waals surface area contributed by atoms with Crippen molar-refractivity contribution in [3.63, 3.8) is 0 Å². The number of aromatic nitrogens is 4. The Morgan fingerprint density at radius 1 is 1.35 bits per heavy atom. The largest absolute Gasteiger partial charge is 0.368 e. The van der Waals surface area contributed by atoms with Crippen LogP contribution in [0.15, 0.2) is 23.9 Å². The van der Waals surface area contributed by atoms with E-state index in [0.717, 1.165) is 30.1 Å². The summed E-state index contributed by atoms with van der Waals surface area (Å²) in [5, 5.41) is 8.94. The van der Waals surface area contributed by atoms with E-state index in [4.69, 9.17) is 5.73 Å². The van der Waals surface area contributed by atoms with Crippen molar-refractivity contribution in [2.75, 3.05) is 5.75 Å². The molecule has 0 unspecified atom stereocenters. The maximum absolute atomic E-state index is 12.7. The predicted molar refractivity (Wildman–Crippen MR) is 100 cm³/mol. The highest BCUT2D eigenvalue weighted by Gasteiger charge is 2.31. The quantitative estimate of drug-likeness (QED) is 0.413. The van der Waals surface area contributed by atoms with E-state index in [9.17, 15) is 9.59 Å². The summed E-state index contributed by atoms with van der Waals surface area (Å²) in [6, 6.07) is 1.91. The summed E-state index contributed by atoms with van der Waals surface area (Å²) in [6.07, 6.45) is 3.92. The van der Waals surface area contributed by atoms with Crippen molar-refractivity contribution in [3.05, 3.63) is 41.5 Å². The third-order valence-electron chi connectivity index (χ3n) is 4.52. The van der Waals surface area contributed by atoms with Crippen molar-refractivity contribution < 1.29 is 9.59 Å². The van der Waals surface area contributed by atoms with E-state index in [1.165, 1.54) is 11.8 Å². The van der Waals surface area contributed by atoms with Crippen LogP contribution in [0.4, 0.5) is 0 Å². The number of Topliss-reactive ketones (excluding diaryl/α,β-unsaturated/α-hetero) is 1. The number of hydrogen-bond donors (Lipinski definition) is 1. The molecule has 138 valence electrons. The summed E-state index contributed by atoms with van der Waals surface area (Å²) < 4.78 is 3.81. The van der Waals surface area contributed by atoms with Crippen LogP contribution in [0.1, 0.15) is 46.3 Å². The molecule has 0 aromatic carbocycles. The van der Waals surface area contributed by atoms with Crippen LogP contribution in [0.25, 0.3) is 0 Å². The summed E-state index contributed by atoms with van der Waals surface area (Å²) in [4.78, 5) is 24.1. The van der Waals surface area contributed by atoms with E-state index >= 15 is 0 Å². The molecule has 1 amide bonds. The fraction of sp³-hybridized carbons (Fsp3) is 0.444. The zero-order chi connectivity index (χ0) is 18.8. The fourth-order valence-electron chi connectivity index (χ4n) is 3.06. The lowest BCUT2D eigenvalue weighted by molar-refractivity contribution is -0.118. The third-order valence-corrected chi connectivity index (χ3v) is 5.49. The molecule has 7 nitrogen and oxygen atoms in total. The van der Waals surface area contributed by atoms with Gasteiger partial charge in [-0.1, -0.05) is 17.8 Å². The molecule has 1 fully saturated rings. The minimum atomic E-state index is -0.437. The first kappa shape index (κ1) is 18.4. The first-order valence-corrected chi connectivity index (χ1v) is 9.56. The van der Waals surface area contributed by atoms with E-state index in [-0.39, 0.29) is 18.1 Å². The average molecular weight is 373 g/mol. The molecule has 26 heavy (non-hydrogen) atoms. The van der Waals surface area contributed by atoms with Crippen LogP contribution in [-0.2, 0) is 17.9 Å². The maximum Gasteiger partial charge on any atom is 0.237 e. The van der Waals surface area contributed by atoms with Crippen LogP contribution >= 0.6 is 11.8 Å². The van der Waals surface area contributed by atoms with Gasteiger partial charge in [-0.2, -0.15) is 0 Å². The van der Waals surface area contributed by atoms with E-state index in [0.29, 0.717) is 23.2 Å². The molecule has 1 aliphatic carbocycles. The zero-order valence-electron chi connectivity index (χ0n) is 15.1. The van der Waals surface area contributed by atoms with Crippen molar-refractivity contribution in [2.24, 2.45) is 5.73 Å². The molecule has 0 radical (unpaired) electrons. The number of allylic oxidation sites excluding steroid dienone is 1. The van der Waals surface area contributed by atoms with Crippen molar-refractivity contribution in [3.8, 4) is 0 Å². The molecule has 0 aliphatic heterocycles. The molecule has 2 N–H and O–H groups in total. The Morgan fingerprint density at radius 3 is 2.69 bits per heavy atom. The molecule has 0 atom stereocenters. The van der Waals surface area contributed by atoms with Crippen molar-refractivity contribution in [1.82, 2.24) is 19.3 Å². The Balaban J connectivity index is 1.75. The van der Waals surface area contributed by atoms with E-state index in [2.05, 4.69) is 21.3 Å². The first-order chi connectivity index (χ1) is 12.4. The summed E-state index contributed by atoms with van der Waals surface area (Å²) >= 11 is 1.30. The number of primary amides is 1. The summed E-state index contributed by atoms with van der Waals surface area (Å²) in [5.41, 5.74) is 8.03. The first-order valence-electron chi connectivity index (χ1n) is 8.57. The molecule has 0 bridgehead atoms. The number of nitrogens with two attached hydrogens (primary N) is 1. The number of nitrogens with zero attached hydrogens (tertiary/aromatic N) is 4. The molecule has 2 heterocycles. The second-order valence-corrected chi connectivity index (χ2v) is 7.51. The standard InChI is InChI=1S/C18H23N5O2S/c1-4-7-22-11(2)8-14(12(22)3)15(24)10-26-18-21-20-17(13-5-6-13)23(18)9-16(19)25/h4,8,13H,1,5-7,9-10H2,2-3H3,(H2,19,25). The van der Waals surface area contributed by atoms with Gasteiger partial charge in [-0.25, -0.2) is 0 Å². The zero-order valence-corrected chi connectivity index (χ0v) is 15.9. The van der Waals surface area contributed by atoms with E-state index in [1.54, 1.807) is 4.57 Å². The fourth-order valence-corrected chi connectivity index (χ4v) is 3.88. The minimum Gasteiger partial charge on any atom is -0.368 e. The van der Waals surface area contributed by atoms with Crippen LogP contribution in [0.3, 0.4) is 0 Å². The summed E-state index contributed by atoms with van der Waals surface area (Å²) in [7, 11) is 0. The van der Waals surface area contributed by atoms with Gasteiger partial charge in [0.2, 0.25) is 5.91 Å². The SMILES string of the molecule is C=CCn1c(C)cc(C(=O)CSc2nnc(C3CC3)n2CC(N)=O)c1C. The lowest BCUT2D eigenvalue weighted by Gasteiger charge is -2.08. The second kappa shape index (κ2) is 7.49. The van der Waals surface area contributed by atoms with Gasteiger partial charge >= 0.3 is 0 Å². The summed E-state index contributed by atoms with van der Waals surface area (Å²) in [6.45, 7) is 8.40. The Morgan fingerprint density at radius 2 is 2.08 bits per heavy atom. The average Bonchev–Trinajstić information content (AvgIpc) is 3.30. The normalized spacial score (nSPS) is 13.8. The van der Waals surface area contributed by atoms with Crippen molar-refractivity contribution in [1.29, 1.82) is 0 Å². The van der Waals surface area contributed by atoms with Gasteiger partial charge in [-0.15, -0.1) is 16.8 Å². The van der Waals surface area contributed by atoms with Crippen molar-refractivity contribution in [2.45, 2.75) is 50.9 Å². The molecule has 8 heteroatoms. The van der Waals surface area contributed by atoms with Crippen LogP contribution in [0.2, 0.25) is 0 Å². The van der Waals surface area contributed by atoms with Crippen molar-refractivity contribution >= 4 is 23.5 Å². The topological polar surface area (TPSA) is 95.8 Å². The van der Waals surface area contributed by atoms with Crippen LogP contribution < -0.4 is 5.73 Å². The number of amides is 1. The van der Waals surface area contributed by atoms with Crippen LogP contribution in [0.5, 0.6) is 0 Å². The molecule has 2 aromatic rings. The smallest absolute Gasteiger partial charge is 0.237 e. The summed E-state index contributed by atoms with van der Waals surface area (Å²) in [5.74, 6) is 0.973. The van der Waals surface area contributed by atoms with Gasteiger partial charge < -0.3 is 10.3 Å². The predicted octanol–water partition coefficient (Wildman–Crippen LogP) is 2.22. The highest BCUT2D eigenvalue weighted by atomic mass is 32.2. The van der Waals surface area contributed by atoms with Crippen LogP contribution in [-0.4, -0.2) is 36.8 Å². The number of aryl methyl sites for hydroxylation is 1.